The molecule has 0 aliphatic rings. The molecule has 0 unspecified atom stereocenters. The van der Waals surface area contributed by atoms with Crippen LogP contribution >= 0.6 is 0 Å². The number of hydrogen-bond donors (Lipinski definition) is 1. The van der Waals surface area contributed by atoms with Gasteiger partial charge in [0.25, 0.3) is 0 Å². The van der Waals surface area contributed by atoms with Gasteiger partial charge in [0, 0.05) is 5.57 Å². The zero-order chi connectivity index (χ0) is 7.28. The zero-order valence-corrected chi connectivity index (χ0v) is 5.98. The molecule has 2 heteroatoms. The quantitative estimate of drug-likeness (QED) is 0.569. The SMILES string of the molecule is CCC/C=C(\C)C(N)=O. The van der Waals surface area contributed by atoms with Gasteiger partial charge < -0.3 is 5.73 Å². The molecule has 0 fully saturated rings. The predicted molar refractivity (Wildman–Crippen MR) is 37.9 cm³/mol. The van der Waals surface area contributed by atoms with Crippen molar-refractivity contribution < 1.29 is 4.79 Å². The third-order valence-corrected chi connectivity index (χ3v) is 1.13. The van der Waals surface area contributed by atoms with Gasteiger partial charge in [-0.25, -0.2) is 0 Å². The molecule has 0 rings (SSSR count). The topological polar surface area (TPSA) is 43.1 Å². The van der Waals surface area contributed by atoms with E-state index in [0.29, 0.717) is 5.57 Å². The van der Waals surface area contributed by atoms with Crippen LogP contribution in [0.15, 0.2) is 11.6 Å². The third kappa shape index (κ3) is 3.76. The van der Waals surface area contributed by atoms with Crippen LogP contribution < -0.4 is 5.73 Å². The zero-order valence-electron chi connectivity index (χ0n) is 5.98. The van der Waals surface area contributed by atoms with Crippen LogP contribution in [-0.2, 0) is 4.79 Å². The minimum absolute atomic E-state index is 0.316. The lowest BCUT2D eigenvalue weighted by Crippen LogP contribution is -2.11. The molecule has 0 radical (unpaired) electrons. The Labute approximate surface area is 55.7 Å². The summed E-state index contributed by atoms with van der Waals surface area (Å²) in [5, 5.41) is 0. The molecule has 0 saturated carbocycles. The van der Waals surface area contributed by atoms with E-state index in [4.69, 9.17) is 5.73 Å². The van der Waals surface area contributed by atoms with Crippen molar-refractivity contribution in [2.24, 2.45) is 5.73 Å². The lowest BCUT2D eigenvalue weighted by molar-refractivity contribution is -0.114. The van der Waals surface area contributed by atoms with Crippen LogP contribution in [-0.4, -0.2) is 5.91 Å². The summed E-state index contributed by atoms with van der Waals surface area (Å²) in [5.74, 6) is -0.316. The third-order valence-electron chi connectivity index (χ3n) is 1.13. The number of carbonyl (C=O) groups is 1. The molecule has 0 heterocycles. The molecule has 0 aliphatic heterocycles. The van der Waals surface area contributed by atoms with Gasteiger partial charge >= 0.3 is 0 Å². The van der Waals surface area contributed by atoms with Crippen molar-refractivity contribution in [2.45, 2.75) is 26.7 Å². The standard InChI is InChI=1S/C7H13NO/c1-3-4-5-6(2)7(8)9/h5H,3-4H2,1-2H3,(H2,8,9)/b6-5+. The fraction of sp³-hybridized carbons (Fsp3) is 0.571. The first-order chi connectivity index (χ1) is 4.18. The van der Waals surface area contributed by atoms with Crippen LogP contribution in [0.3, 0.4) is 0 Å². The van der Waals surface area contributed by atoms with Gasteiger partial charge in [-0.05, 0) is 13.3 Å². The molecule has 0 aromatic heterocycles. The van der Waals surface area contributed by atoms with Crippen LogP contribution in [0.2, 0.25) is 0 Å². The summed E-state index contributed by atoms with van der Waals surface area (Å²) >= 11 is 0. The van der Waals surface area contributed by atoms with Crippen LogP contribution in [0.5, 0.6) is 0 Å². The summed E-state index contributed by atoms with van der Waals surface area (Å²) in [6.45, 7) is 3.79. The molecular weight excluding hydrogens is 114 g/mol. The molecule has 2 nitrogen and oxygen atoms in total. The minimum Gasteiger partial charge on any atom is -0.366 e. The molecule has 0 aromatic rings. The van der Waals surface area contributed by atoms with Gasteiger partial charge in [-0.2, -0.15) is 0 Å². The largest absolute Gasteiger partial charge is 0.366 e. The van der Waals surface area contributed by atoms with Gasteiger partial charge in [0.05, 0.1) is 0 Å². The van der Waals surface area contributed by atoms with E-state index in [9.17, 15) is 4.79 Å². The maximum atomic E-state index is 10.4. The number of unbranched alkanes of at least 4 members (excludes halogenated alkanes) is 1. The molecular formula is C7H13NO. The van der Waals surface area contributed by atoms with E-state index in [0.717, 1.165) is 12.8 Å². The summed E-state index contributed by atoms with van der Waals surface area (Å²) in [7, 11) is 0. The second-order valence-electron chi connectivity index (χ2n) is 2.04. The van der Waals surface area contributed by atoms with Gasteiger partial charge in [-0.15, -0.1) is 0 Å². The Balaban J connectivity index is 3.69. The smallest absolute Gasteiger partial charge is 0.244 e. The first-order valence-corrected chi connectivity index (χ1v) is 3.15. The first kappa shape index (κ1) is 8.21. The molecule has 9 heavy (non-hydrogen) atoms. The van der Waals surface area contributed by atoms with Gasteiger partial charge in [0.2, 0.25) is 5.91 Å². The van der Waals surface area contributed by atoms with E-state index in [1.54, 1.807) is 6.92 Å². The second kappa shape index (κ2) is 4.13. The Morgan fingerprint density at radius 2 is 2.22 bits per heavy atom. The number of primary amides is 1. The maximum Gasteiger partial charge on any atom is 0.244 e. The summed E-state index contributed by atoms with van der Waals surface area (Å²) in [4.78, 5) is 10.4. The monoisotopic (exact) mass is 127 g/mol. The Morgan fingerprint density at radius 3 is 2.56 bits per heavy atom. The molecule has 2 N–H and O–H groups in total. The predicted octanol–water partition coefficient (Wildman–Crippen LogP) is 1.22. The van der Waals surface area contributed by atoms with Crippen LogP contribution in [0.1, 0.15) is 26.7 Å². The molecule has 0 spiro atoms. The molecule has 1 amide bonds. The van der Waals surface area contributed by atoms with Gasteiger partial charge in [0.1, 0.15) is 0 Å². The minimum atomic E-state index is -0.316. The van der Waals surface area contributed by atoms with Crippen LogP contribution in [0.25, 0.3) is 0 Å². The molecule has 52 valence electrons. The Hall–Kier alpha value is -0.790. The highest BCUT2D eigenvalue weighted by Crippen LogP contribution is 1.95. The molecule has 0 bridgehead atoms. The van der Waals surface area contributed by atoms with Crippen molar-refractivity contribution >= 4 is 5.91 Å². The molecule has 0 aliphatic carbocycles. The van der Waals surface area contributed by atoms with E-state index in [1.165, 1.54) is 0 Å². The Bertz CT molecular complexity index is 127. The van der Waals surface area contributed by atoms with E-state index < -0.39 is 0 Å². The Kier molecular flexibility index (Phi) is 3.76. The first-order valence-electron chi connectivity index (χ1n) is 3.15. The van der Waals surface area contributed by atoms with E-state index >= 15 is 0 Å². The van der Waals surface area contributed by atoms with Gasteiger partial charge in [0.15, 0.2) is 0 Å². The highest BCUT2D eigenvalue weighted by atomic mass is 16.1. The summed E-state index contributed by atoms with van der Waals surface area (Å²) < 4.78 is 0. The molecule has 0 atom stereocenters. The van der Waals surface area contributed by atoms with Crippen molar-refractivity contribution in [2.75, 3.05) is 0 Å². The van der Waals surface area contributed by atoms with Crippen molar-refractivity contribution in [3.8, 4) is 0 Å². The number of allylic oxidation sites excluding steroid dienone is 1. The van der Waals surface area contributed by atoms with Crippen molar-refractivity contribution in [3.05, 3.63) is 11.6 Å². The maximum absolute atomic E-state index is 10.4. The summed E-state index contributed by atoms with van der Waals surface area (Å²) in [5.41, 5.74) is 5.63. The summed E-state index contributed by atoms with van der Waals surface area (Å²) in [6, 6.07) is 0. The average molecular weight is 127 g/mol. The van der Waals surface area contributed by atoms with E-state index in [2.05, 4.69) is 6.92 Å². The van der Waals surface area contributed by atoms with Crippen molar-refractivity contribution in [1.82, 2.24) is 0 Å². The van der Waals surface area contributed by atoms with Crippen LogP contribution in [0, 0.1) is 0 Å². The van der Waals surface area contributed by atoms with E-state index in [-0.39, 0.29) is 5.91 Å². The van der Waals surface area contributed by atoms with Crippen LogP contribution in [0.4, 0.5) is 0 Å². The number of rotatable bonds is 3. The fourth-order valence-electron chi connectivity index (χ4n) is 0.461. The van der Waals surface area contributed by atoms with Crippen molar-refractivity contribution in [3.63, 3.8) is 0 Å². The number of nitrogens with two attached hydrogens (primary N) is 1. The lowest BCUT2D eigenvalue weighted by atomic mass is 10.2. The van der Waals surface area contributed by atoms with Crippen molar-refractivity contribution in [1.29, 1.82) is 0 Å². The molecule has 0 saturated heterocycles. The number of hydrogen-bond acceptors (Lipinski definition) is 1. The van der Waals surface area contributed by atoms with E-state index in [1.807, 2.05) is 6.08 Å². The fourth-order valence-corrected chi connectivity index (χ4v) is 0.461. The second-order valence-corrected chi connectivity index (χ2v) is 2.04. The number of amides is 1. The average Bonchev–Trinajstić information content (AvgIpc) is 1.82. The van der Waals surface area contributed by atoms with Gasteiger partial charge in [-0.1, -0.05) is 19.4 Å². The number of carbonyl (C=O) groups excluding carboxylic acids is 1. The highest BCUT2D eigenvalue weighted by molar-refractivity contribution is 5.91. The normalized spacial score (nSPS) is 11.6. The Morgan fingerprint density at radius 1 is 1.67 bits per heavy atom. The highest BCUT2D eigenvalue weighted by Gasteiger charge is 1.93. The summed E-state index contributed by atoms with van der Waals surface area (Å²) in [6.07, 6.45) is 3.86. The van der Waals surface area contributed by atoms with Gasteiger partial charge in [-0.3, -0.25) is 4.79 Å². The molecule has 0 aromatic carbocycles. The lowest BCUT2D eigenvalue weighted by Gasteiger charge is -1.90.